The van der Waals surface area contributed by atoms with E-state index in [-0.39, 0.29) is 6.10 Å². The standard InChI is InChI=1S/C13H19N5OS/c1-11-8-20-13(16-11)12-7-17(5-6-19-12)3-2-4-18-10-14-9-15-18/h8-10,12H,2-7H2,1H3. The highest BCUT2D eigenvalue weighted by Gasteiger charge is 2.23. The van der Waals surface area contributed by atoms with Crippen LogP contribution < -0.4 is 0 Å². The van der Waals surface area contributed by atoms with E-state index in [4.69, 9.17) is 4.74 Å². The number of hydrogen-bond acceptors (Lipinski definition) is 6. The van der Waals surface area contributed by atoms with Crippen LogP contribution in [-0.4, -0.2) is 50.9 Å². The van der Waals surface area contributed by atoms with E-state index < -0.39 is 0 Å². The molecule has 1 fully saturated rings. The average Bonchev–Trinajstić information content (AvgIpc) is 3.11. The van der Waals surface area contributed by atoms with Gasteiger partial charge in [-0.05, 0) is 13.3 Å². The van der Waals surface area contributed by atoms with Gasteiger partial charge in [0.05, 0.1) is 6.61 Å². The second kappa shape index (κ2) is 6.43. The first kappa shape index (κ1) is 13.7. The molecule has 0 saturated carbocycles. The van der Waals surface area contributed by atoms with Crippen molar-refractivity contribution < 1.29 is 4.74 Å². The van der Waals surface area contributed by atoms with Gasteiger partial charge in [0.1, 0.15) is 23.8 Å². The molecule has 1 aliphatic heterocycles. The molecular formula is C13H19N5OS. The van der Waals surface area contributed by atoms with Gasteiger partial charge >= 0.3 is 0 Å². The lowest BCUT2D eigenvalue weighted by molar-refractivity contribution is -0.0306. The largest absolute Gasteiger partial charge is 0.368 e. The van der Waals surface area contributed by atoms with E-state index in [0.717, 1.165) is 49.9 Å². The van der Waals surface area contributed by atoms with Crippen LogP contribution in [0.4, 0.5) is 0 Å². The maximum Gasteiger partial charge on any atom is 0.137 e. The number of aryl methyl sites for hydroxylation is 2. The van der Waals surface area contributed by atoms with Crippen molar-refractivity contribution in [2.75, 3.05) is 26.2 Å². The monoisotopic (exact) mass is 293 g/mol. The Morgan fingerprint density at radius 2 is 2.40 bits per heavy atom. The maximum absolute atomic E-state index is 5.84. The molecule has 1 saturated heterocycles. The first-order valence-electron chi connectivity index (χ1n) is 6.89. The summed E-state index contributed by atoms with van der Waals surface area (Å²) in [4.78, 5) is 10.9. The van der Waals surface area contributed by atoms with Gasteiger partial charge in [0.25, 0.3) is 0 Å². The SMILES string of the molecule is Cc1csc(C2CN(CCCn3cncn3)CCO2)n1. The lowest BCUT2D eigenvalue weighted by Crippen LogP contribution is -2.39. The molecule has 2 aromatic rings. The summed E-state index contributed by atoms with van der Waals surface area (Å²) < 4.78 is 7.72. The van der Waals surface area contributed by atoms with Crippen LogP contribution in [0.15, 0.2) is 18.0 Å². The van der Waals surface area contributed by atoms with Gasteiger partial charge in [-0.1, -0.05) is 0 Å². The van der Waals surface area contributed by atoms with Crippen LogP contribution in [0.5, 0.6) is 0 Å². The molecule has 0 spiro atoms. The molecular weight excluding hydrogens is 274 g/mol. The van der Waals surface area contributed by atoms with Crippen molar-refractivity contribution >= 4 is 11.3 Å². The van der Waals surface area contributed by atoms with Gasteiger partial charge in [-0.15, -0.1) is 11.3 Å². The minimum atomic E-state index is 0.133. The molecule has 0 amide bonds. The predicted octanol–water partition coefficient (Wildman–Crippen LogP) is 1.51. The summed E-state index contributed by atoms with van der Waals surface area (Å²) in [6, 6.07) is 0. The third kappa shape index (κ3) is 3.41. The highest BCUT2D eigenvalue weighted by atomic mass is 32.1. The van der Waals surface area contributed by atoms with E-state index in [1.807, 2.05) is 11.6 Å². The highest BCUT2D eigenvalue weighted by molar-refractivity contribution is 7.09. The molecule has 1 atom stereocenters. The van der Waals surface area contributed by atoms with Crippen molar-refractivity contribution in [2.45, 2.75) is 26.0 Å². The molecule has 0 bridgehead atoms. The Bertz CT molecular complexity index is 527. The van der Waals surface area contributed by atoms with Crippen molar-refractivity contribution in [1.29, 1.82) is 0 Å². The summed E-state index contributed by atoms with van der Waals surface area (Å²) in [7, 11) is 0. The topological polar surface area (TPSA) is 56.1 Å². The van der Waals surface area contributed by atoms with Gasteiger partial charge in [0.15, 0.2) is 0 Å². The van der Waals surface area contributed by atoms with Gasteiger partial charge < -0.3 is 4.74 Å². The summed E-state index contributed by atoms with van der Waals surface area (Å²) in [5.74, 6) is 0. The van der Waals surface area contributed by atoms with E-state index in [1.165, 1.54) is 0 Å². The van der Waals surface area contributed by atoms with E-state index >= 15 is 0 Å². The van der Waals surface area contributed by atoms with Crippen molar-refractivity contribution in [3.05, 3.63) is 28.7 Å². The molecule has 7 heteroatoms. The summed E-state index contributed by atoms with van der Waals surface area (Å²) in [6.07, 6.45) is 4.55. The summed E-state index contributed by atoms with van der Waals surface area (Å²) >= 11 is 1.69. The van der Waals surface area contributed by atoms with Crippen molar-refractivity contribution in [3.8, 4) is 0 Å². The first-order chi connectivity index (χ1) is 9.81. The van der Waals surface area contributed by atoms with Crippen LogP contribution in [0.3, 0.4) is 0 Å². The van der Waals surface area contributed by atoms with Crippen LogP contribution in [0.25, 0.3) is 0 Å². The molecule has 6 nitrogen and oxygen atoms in total. The maximum atomic E-state index is 5.84. The Labute approximate surface area is 122 Å². The Balaban J connectivity index is 1.48. The molecule has 3 heterocycles. The quantitative estimate of drug-likeness (QED) is 0.836. The normalized spacial score (nSPS) is 20.4. The lowest BCUT2D eigenvalue weighted by Gasteiger charge is -2.31. The molecule has 2 aromatic heterocycles. The van der Waals surface area contributed by atoms with Gasteiger partial charge in [-0.25, -0.2) is 9.97 Å². The highest BCUT2D eigenvalue weighted by Crippen LogP contribution is 2.25. The zero-order chi connectivity index (χ0) is 13.8. The molecule has 3 rings (SSSR count). The predicted molar refractivity (Wildman–Crippen MR) is 76.6 cm³/mol. The van der Waals surface area contributed by atoms with E-state index in [2.05, 4.69) is 25.3 Å². The average molecular weight is 293 g/mol. The zero-order valence-corrected chi connectivity index (χ0v) is 12.4. The Kier molecular flexibility index (Phi) is 4.39. The Hall–Kier alpha value is -1.31. The summed E-state index contributed by atoms with van der Waals surface area (Å²) in [5, 5.41) is 7.30. The number of aromatic nitrogens is 4. The number of rotatable bonds is 5. The number of morpholine rings is 1. The molecule has 0 N–H and O–H groups in total. The first-order valence-corrected chi connectivity index (χ1v) is 7.77. The van der Waals surface area contributed by atoms with E-state index in [1.54, 1.807) is 24.0 Å². The Morgan fingerprint density at radius 3 is 3.15 bits per heavy atom. The Morgan fingerprint density at radius 1 is 1.45 bits per heavy atom. The molecule has 0 aliphatic carbocycles. The molecule has 0 radical (unpaired) electrons. The fourth-order valence-corrected chi connectivity index (χ4v) is 3.21. The third-order valence-electron chi connectivity index (χ3n) is 3.39. The fourth-order valence-electron chi connectivity index (χ4n) is 2.38. The van der Waals surface area contributed by atoms with Crippen LogP contribution in [-0.2, 0) is 11.3 Å². The van der Waals surface area contributed by atoms with E-state index in [0.29, 0.717) is 0 Å². The third-order valence-corrected chi connectivity index (χ3v) is 4.45. The van der Waals surface area contributed by atoms with Crippen LogP contribution in [0.2, 0.25) is 0 Å². The van der Waals surface area contributed by atoms with Crippen molar-refractivity contribution in [1.82, 2.24) is 24.6 Å². The molecule has 20 heavy (non-hydrogen) atoms. The lowest BCUT2D eigenvalue weighted by atomic mass is 10.2. The zero-order valence-electron chi connectivity index (χ0n) is 11.6. The smallest absolute Gasteiger partial charge is 0.137 e. The molecule has 1 unspecified atom stereocenters. The van der Waals surface area contributed by atoms with Gasteiger partial charge in [0, 0.05) is 37.3 Å². The second-order valence-electron chi connectivity index (χ2n) is 5.00. The minimum Gasteiger partial charge on any atom is -0.368 e. The van der Waals surface area contributed by atoms with Crippen LogP contribution >= 0.6 is 11.3 Å². The van der Waals surface area contributed by atoms with Crippen molar-refractivity contribution in [2.24, 2.45) is 0 Å². The number of hydrogen-bond donors (Lipinski definition) is 0. The van der Waals surface area contributed by atoms with Gasteiger partial charge in [-0.3, -0.25) is 9.58 Å². The van der Waals surface area contributed by atoms with E-state index in [9.17, 15) is 0 Å². The van der Waals surface area contributed by atoms with Crippen molar-refractivity contribution in [3.63, 3.8) is 0 Å². The second-order valence-corrected chi connectivity index (χ2v) is 5.89. The number of thiazole rings is 1. The summed E-state index contributed by atoms with van der Waals surface area (Å²) in [5.41, 5.74) is 1.08. The van der Waals surface area contributed by atoms with Crippen LogP contribution in [0.1, 0.15) is 23.2 Å². The molecule has 1 aliphatic rings. The molecule has 108 valence electrons. The number of ether oxygens (including phenoxy) is 1. The molecule has 0 aromatic carbocycles. The number of nitrogens with zero attached hydrogens (tertiary/aromatic N) is 5. The minimum absolute atomic E-state index is 0.133. The van der Waals surface area contributed by atoms with Gasteiger partial charge in [-0.2, -0.15) is 5.10 Å². The summed E-state index contributed by atoms with van der Waals surface area (Å²) in [6.45, 7) is 6.72. The van der Waals surface area contributed by atoms with Crippen LogP contribution in [0, 0.1) is 6.92 Å². The fraction of sp³-hybridized carbons (Fsp3) is 0.615. The van der Waals surface area contributed by atoms with Gasteiger partial charge in [0.2, 0.25) is 0 Å².